The van der Waals surface area contributed by atoms with Gasteiger partial charge in [-0.25, -0.2) is 18.2 Å². The number of hydrogen-bond donors (Lipinski definition) is 4. The summed E-state index contributed by atoms with van der Waals surface area (Å²) in [6.45, 7) is 28.5. The molecule has 0 bridgehead atoms. The summed E-state index contributed by atoms with van der Waals surface area (Å²) in [5.41, 5.74) is 3.19. The second kappa shape index (κ2) is 14.5. The first-order valence-electron chi connectivity index (χ1n) is 14.6. The summed E-state index contributed by atoms with van der Waals surface area (Å²) in [6.07, 6.45) is 1.21. The van der Waals surface area contributed by atoms with Crippen molar-refractivity contribution in [3.8, 4) is 0 Å². The molecule has 0 aliphatic carbocycles. The van der Waals surface area contributed by atoms with Crippen LogP contribution in [0.2, 0.25) is 19.6 Å². The minimum absolute atomic E-state index is 0. The van der Waals surface area contributed by atoms with Gasteiger partial charge in [0, 0.05) is 56.5 Å². The van der Waals surface area contributed by atoms with E-state index in [1.807, 2.05) is 30.3 Å². The number of piperazine rings is 2. The van der Waals surface area contributed by atoms with Crippen LogP contribution in [-0.4, -0.2) is 69.7 Å². The van der Waals surface area contributed by atoms with Gasteiger partial charge in [0.1, 0.15) is 0 Å². The number of hydrogen-bond acceptors (Lipinski definition) is 4. The molecule has 2 aliphatic rings. The summed E-state index contributed by atoms with van der Waals surface area (Å²) < 4.78 is 0. The van der Waals surface area contributed by atoms with E-state index in [1.54, 1.807) is 16.3 Å². The quantitative estimate of drug-likeness (QED) is 0.203. The van der Waals surface area contributed by atoms with Crippen molar-refractivity contribution in [2.45, 2.75) is 94.9 Å². The van der Waals surface area contributed by atoms with Gasteiger partial charge < -0.3 is 21.3 Å². The summed E-state index contributed by atoms with van der Waals surface area (Å²) in [5.74, 6) is 0. The number of rotatable bonds is 6. The molecule has 2 saturated heterocycles. The van der Waals surface area contributed by atoms with Crippen molar-refractivity contribution in [2.75, 3.05) is 39.3 Å². The molecule has 0 amide bonds. The average molecular weight is 631 g/mol. The Labute approximate surface area is 255 Å². The van der Waals surface area contributed by atoms with E-state index in [2.05, 4.69) is 104 Å². The minimum Gasteiger partial charge on any atom is -0.314 e. The van der Waals surface area contributed by atoms with E-state index in [4.69, 9.17) is 0 Å². The molecule has 0 saturated carbocycles. The first kappa shape index (κ1) is 35.3. The predicted octanol–water partition coefficient (Wildman–Crippen LogP) is 5.13. The molecule has 2 aliphatic heterocycles. The SMILES string of the molecule is CC(C)(C)P(Cc1cc([Si](C)(C)C)[cH-]c1C(P)(C1CNCCN1)C1CNCCN1)C(C)(C)C.[Fe+2].c1cc[cH-]c1. The largest absolute Gasteiger partial charge is 2.00 e. The third-order valence-electron chi connectivity index (χ3n) is 8.05. The van der Waals surface area contributed by atoms with Crippen LogP contribution in [0.5, 0.6) is 0 Å². The predicted molar refractivity (Wildman–Crippen MR) is 178 cm³/mol. The Morgan fingerprint density at radius 1 is 0.872 bits per heavy atom. The molecule has 2 fully saturated rings. The maximum Gasteiger partial charge on any atom is 2.00 e. The van der Waals surface area contributed by atoms with Gasteiger partial charge in [0.2, 0.25) is 0 Å². The van der Waals surface area contributed by atoms with Gasteiger partial charge in [0.05, 0.1) is 8.07 Å². The van der Waals surface area contributed by atoms with Crippen LogP contribution < -0.4 is 26.5 Å². The van der Waals surface area contributed by atoms with Gasteiger partial charge in [-0.3, -0.25) is 0 Å². The van der Waals surface area contributed by atoms with E-state index >= 15 is 0 Å². The zero-order chi connectivity index (χ0) is 28.2. The molecular weight excluding hydrogens is 574 g/mol. The topological polar surface area (TPSA) is 48.1 Å². The average Bonchev–Trinajstić information content (AvgIpc) is 3.55. The molecule has 0 spiro atoms. The molecule has 4 N–H and O–H groups in total. The maximum absolute atomic E-state index is 3.91. The van der Waals surface area contributed by atoms with Crippen LogP contribution in [0.4, 0.5) is 0 Å². The van der Waals surface area contributed by atoms with Crippen molar-refractivity contribution >= 4 is 30.4 Å². The summed E-state index contributed by atoms with van der Waals surface area (Å²) in [5, 5.41) is 17.4. The van der Waals surface area contributed by atoms with Gasteiger partial charge in [0.15, 0.2) is 0 Å². The number of nitrogens with one attached hydrogen (secondary N) is 4. The van der Waals surface area contributed by atoms with Crippen molar-refractivity contribution in [3.63, 3.8) is 0 Å². The van der Waals surface area contributed by atoms with Crippen LogP contribution in [0, 0.1) is 0 Å². The van der Waals surface area contributed by atoms with Gasteiger partial charge in [-0.2, -0.15) is 40.6 Å². The Morgan fingerprint density at radius 2 is 1.36 bits per heavy atom. The molecule has 3 atom stereocenters. The molecule has 222 valence electrons. The second-order valence-corrected chi connectivity index (χ2v) is 24.1. The van der Waals surface area contributed by atoms with Gasteiger partial charge in [-0.15, -0.1) is 17.2 Å². The molecule has 2 heterocycles. The zero-order valence-corrected chi connectivity index (χ0v) is 30.2. The second-order valence-electron chi connectivity index (χ2n) is 14.2. The van der Waals surface area contributed by atoms with Crippen LogP contribution in [0.15, 0.2) is 42.5 Å². The molecule has 2 aromatic rings. The van der Waals surface area contributed by atoms with Crippen LogP contribution >= 0.6 is 17.2 Å². The van der Waals surface area contributed by atoms with E-state index in [9.17, 15) is 0 Å². The molecule has 8 heteroatoms. The monoisotopic (exact) mass is 630 g/mol. The Kier molecular flexibility index (Phi) is 13.2. The third kappa shape index (κ3) is 9.31. The maximum atomic E-state index is 3.91. The van der Waals surface area contributed by atoms with Gasteiger partial charge in [-0.05, 0) is 10.3 Å². The van der Waals surface area contributed by atoms with E-state index in [0.717, 1.165) is 39.3 Å². The van der Waals surface area contributed by atoms with Gasteiger partial charge >= 0.3 is 17.1 Å². The zero-order valence-electron chi connectivity index (χ0n) is 26.0. The molecule has 39 heavy (non-hydrogen) atoms. The molecular formula is C31H56FeN4P2Si. The Bertz CT molecular complexity index is 911. The fraction of sp³-hybridized carbons (Fsp3) is 0.677. The van der Waals surface area contributed by atoms with Gasteiger partial charge in [0.25, 0.3) is 0 Å². The summed E-state index contributed by atoms with van der Waals surface area (Å²) >= 11 is 0. The van der Waals surface area contributed by atoms with E-state index in [1.165, 1.54) is 6.16 Å². The van der Waals surface area contributed by atoms with Crippen LogP contribution in [-0.2, 0) is 28.4 Å². The van der Waals surface area contributed by atoms with Crippen molar-refractivity contribution in [2.24, 2.45) is 0 Å². The Balaban J connectivity index is 0.000000797. The van der Waals surface area contributed by atoms with E-state index in [-0.39, 0.29) is 30.1 Å². The van der Waals surface area contributed by atoms with Crippen molar-refractivity contribution in [1.29, 1.82) is 0 Å². The van der Waals surface area contributed by atoms with Crippen LogP contribution in [0.1, 0.15) is 52.7 Å². The fourth-order valence-corrected chi connectivity index (χ4v) is 11.6. The molecule has 2 aromatic carbocycles. The molecule has 4 nitrogen and oxygen atoms in total. The van der Waals surface area contributed by atoms with Crippen molar-refractivity contribution < 1.29 is 17.1 Å². The van der Waals surface area contributed by atoms with Crippen molar-refractivity contribution in [3.05, 3.63) is 53.6 Å². The van der Waals surface area contributed by atoms with Crippen LogP contribution in [0.25, 0.3) is 0 Å². The smallest absolute Gasteiger partial charge is 0.314 e. The standard InChI is InChI=1S/C26H51N4P2Si.C5H5.Fe/c1-24(2,3)32(25(4,5)6)18-19-14-20(33(7,8)9)15-21(19)26(31,22-16-27-10-12-29-22)23-17-28-11-13-30-23;1-2-4-5-3-1;/h14-15,22-23,27-30H,10-13,16-18,31H2,1-9H3;1-5H;/q2*-1;+2. The first-order chi connectivity index (χ1) is 17.6. The molecule has 3 unspecified atom stereocenters. The molecule has 0 radical (unpaired) electrons. The van der Waals surface area contributed by atoms with Crippen LogP contribution in [0.3, 0.4) is 0 Å². The summed E-state index contributed by atoms with van der Waals surface area (Å²) in [7, 11) is 1.75. The van der Waals surface area contributed by atoms with Crippen molar-refractivity contribution in [1.82, 2.24) is 21.3 Å². The first-order valence-corrected chi connectivity index (χ1v) is 20.2. The minimum atomic E-state index is -1.44. The third-order valence-corrected chi connectivity index (χ3v) is 15.1. The molecule has 0 aromatic heterocycles. The van der Waals surface area contributed by atoms with E-state index < -0.39 is 8.07 Å². The summed E-state index contributed by atoms with van der Waals surface area (Å²) in [4.78, 5) is 0. The Hall–Kier alpha value is 0.136. The van der Waals surface area contributed by atoms with E-state index in [0.29, 0.717) is 22.4 Å². The Morgan fingerprint density at radius 3 is 1.69 bits per heavy atom. The fourth-order valence-electron chi connectivity index (χ4n) is 6.09. The molecule has 4 rings (SSSR count). The van der Waals surface area contributed by atoms with Gasteiger partial charge in [-0.1, -0.05) is 67.3 Å². The normalized spacial score (nSPS) is 22.4. The summed E-state index contributed by atoms with van der Waals surface area (Å²) in [6, 6.07) is 16.0.